The SMILES string of the molecule is CCCC1CC1NC(=O)C(S)C(C)C. The van der Waals surface area contributed by atoms with E-state index in [9.17, 15) is 4.79 Å². The summed E-state index contributed by atoms with van der Waals surface area (Å²) in [6.45, 7) is 6.23. The molecule has 0 heterocycles. The van der Waals surface area contributed by atoms with Crippen LogP contribution in [0.25, 0.3) is 0 Å². The maximum absolute atomic E-state index is 11.6. The first-order valence-electron chi connectivity index (χ1n) is 5.54. The molecule has 0 aromatic heterocycles. The van der Waals surface area contributed by atoms with Gasteiger partial charge >= 0.3 is 0 Å². The minimum atomic E-state index is -0.155. The van der Waals surface area contributed by atoms with Crippen molar-refractivity contribution in [2.45, 2.75) is 51.3 Å². The molecule has 82 valence electrons. The number of thiol groups is 1. The molecule has 0 aliphatic heterocycles. The maximum atomic E-state index is 11.6. The lowest BCUT2D eigenvalue weighted by Gasteiger charge is -2.14. The Balaban J connectivity index is 2.23. The van der Waals surface area contributed by atoms with Gasteiger partial charge in [-0.05, 0) is 24.7 Å². The Bertz CT molecular complexity index is 205. The summed E-state index contributed by atoms with van der Waals surface area (Å²) in [5, 5.41) is 2.90. The van der Waals surface area contributed by atoms with Gasteiger partial charge in [0.1, 0.15) is 0 Å². The highest BCUT2D eigenvalue weighted by molar-refractivity contribution is 7.81. The summed E-state index contributed by atoms with van der Waals surface area (Å²) in [4.78, 5) is 11.6. The summed E-state index contributed by atoms with van der Waals surface area (Å²) < 4.78 is 0. The first kappa shape index (κ1) is 11.9. The fourth-order valence-corrected chi connectivity index (χ4v) is 1.76. The van der Waals surface area contributed by atoms with Crippen LogP contribution < -0.4 is 5.32 Å². The Hall–Kier alpha value is -0.180. The van der Waals surface area contributed by atoms with Crippen LogP contribution in [0, 0.1) is 11.8 Å². The van der Waals surface area contributed by atoms with Gasteiger partial charge in [0.05, 0.1) is 5.25 Å². The molecule has 0 radical (unpaired) electrons. The largest absolute Gasteiger partial charge is 0.352 e. The van der Waals surface area contributed by atoms with E-state index in [1.54, 1.807) is 0 Å². The molecule has 3 unspecified atom stereocenters. The molecular weight excluding hydrogens is 194 g/mol. The molecule has 1 aliphatic carbocycles. The normalized spacial score (nSPS) is 27.5. The minimum Gasteiger partial charge on any atom is -0.352 e. The van der Waals surface area contributed by atoms with Crippen LogP contribution in [-0.2, 0) is 4.79 Å². The standard InChI is InChI=1S/C11H21NOS/c1-4-5-8-6-9(8)12-11(13)10(14)7(2)3/h7-10,14H,4-6H2,1-3H3,(H,12,13). The molecule has 0 bridgehead atoms. The highest BCUT2D eigenvalue weighted by Crippen LogP contribution is 2.34. The molecular formula is C11H21NOS. The Kier molecular flexibility index (Phi) is 4.30. The molecule has 1 amide bonds. The summed E-state index contributed by atoms with van der Waals surface area (Å²) >= 11 is 4.29. The predicted octanol–water partition coefficient (Wildman–Crippen LogP) is 2.25. The van der Waals surface area contributed by atoms with Gasteiger partial charge < -0.3 is 5.32 Å². The van der Waals surface area contributed by atoms with Crippen molar-refractivity contribution in [2.75, 3.05) is 0 Å². The van der Waals surface area contributed by atoms with Crippen molar-refractivity contribution in [3.05, 3.63) is 0 Å². The van der Waals surface area contributed by atoms with E-state index >= 15 is 0 Å². The van der Waals surface area contributed by atoms with Crippen LogP contribution in [0.15, 0.2) is 0 Å². The van der Waals surface area contributed by atoms with E-state index in [4.69, 9.17) is 0 Å². The van der Waals surface area contributed by atoms with Gasteiger partial charge in [0.25, 0.3) is 0 Å². The number of carbonyl (C=O) groups excluding carboxylic acids is 1. The van der Waals surface area contributed by atoms with E-state index in [0.717, 1.165) is 12.3 Å². The molecule has 1 rings (SSSR count). The summed E-state index contributed by atoms with van der Waals surface area (Å²) in [6, 6.07) is 0.441. The number of rotatable bonds is 5. The lowest BCUT2D eigenvalue weighted by Crippen LogP contribution is -2.36. The van der Waals surface area contributed by atoms with Crippen molar-refractivity contribution in [3.8, 4) is 0 Å². The Morgan fingerprint density at radius 2 is 2.21 bits per heavy atom. The Morgan fingerprint density at radius 3 is 2.71 bits per heavy atom. The van der Waals surface area contributed by atoms with Crippen molar-refractivity contribution in [1.82, 2.24) is 5.32 Å². The summed E-state index contributed by atoms with van der Waals surface area (Å²) in [5.74, 6) is 1.14. The Morgan fingerprint density at radius 1 is 1.57 bits per heavy atom. The van der Waals surface area contributed by atoms with Crippen molar-refractivity contribution >= 4 is 18.5 Å². The third-order valence-corrected chi connectivity index (χ3v) is 3.64. The Labute approximate surface area is 92.2 Å². The number of amides is 1. The number of hydrogen-bond donors (Lipinski definition) is 2. The second-order valence-corrected chi connectivity index (χ2v) is 5.14. The zero-order chi connectivity index (χ0) is 10.7. The van der Waals surface area contributed by atoms with Crippen LogP contribution in [0.4, 0.5) is 0 Å². The molecule has 1 aliphatic rings. The highest BCUT2D eigenvalue weighted by Gasteiger charge is 2.38. The molecule has 0 aromatic carbocycles. The maximum Gasteiger partial charge on any atom is 0.233 e. The molecule has 1 saturated carbocycles. The van der Waals surface area contributed by atoms with Crippen molar-refractivity contribution in [1.29, 1.82) is 0 Å². The monoisotopic (exact) mass is 215 g/mol. The van der Waals surface area contributed by atoms with Gasteiger partial charge in [0, 0.05) is 6.04 Å². The zero-order valence-electron chi connectivity index (χ0n) is 9.29. The van der Waals surface area contributed by atoms with Gasteiger partial charge in [0.15, 0.2) is 0 Å². The molecule has 14 heavy (non-hydrogen) atoms. The number of hydrogen-bond acceptors (Lipinski definition) is 2. The molecule has 3 heteroatoms. The quantitative estimate of drug-likeness (QED) is 0.677. The molecule has 2 nitrogen and oxygen atoms in total. The fourth-order valence-electron chi connectivity index (χ4n) is 1.69. The second-order valence-electron chi connectivity index (χ2n) is 4.59. The van der Waals surface area contributed by atoms with Gasteiger partial charge in [-0.1, -0.05) is 27.2 Å². The van der Waals surface area contributed by atoms with Gasteiger partial charge in [-0.2, -0.15) is 12.6 Å². The van der Waals surface area contributed by atoms with Gasteiger partial charge in [0.2, 0.25) is 5.91 Å². The first-order chi connectivity index (χ1) is 6.56. The van der Waals surface area contributed by atoms with Crippen LogP contribution in [0.1, 0.15) is 40.0 Å². The topological polar surface area (TPSA) is 29.1 Å². The van der Waals surface area contributed by atoms with E-state index in [0.29, 0.717) is 12.0 Å². The number of nitrogens with one attached hydrogen (secondary N) is 1. The highest BCUT2D eigenvalue weighted by atomic mass is 32.1. The minimum absolute atomic E-state index is 0.104. The van der Waals surface area contributed by atoms with E-state index in [-0.39, 0.29) is 11.2 Å². The smallest absolute Gasteiger partial charge is 0.233 e. The molecule has 1 N–H and O–H groups in total. The molecule has 0 spiro atoms. The fraction of sp³-hybridized carbons (Fsp3) is 0.909. The van der Waals surface area contributed by atoms with Crippen LogP contribution in [0.2, 0.25) is 0 Å². The van der Waals surface area contributed by atoms with Gasteiger partial charge in [-0.25, -0.2) is 0 Å². The van der Waals surface area contributed by atoms with Crippen molar-refractivity contribution in [3.63, 3.8) is 0 Å². The lowest BCUT2D eigenvalue weighted by molar-refractivity contribution is -0.121. The van der Waals surface area contributed by atoms with Crippen LogP contribution in [0.3, 0.4) is 0 Å². The number of carbonyl (C=O) groups is 1. The molecule has 0 saturated heterocycles. The van der Waals surface area contributed by atoms with Crippen LogP contribution in [-0.4, -0.2) is 17.2 Å². The zero-order valence-corrected chi connectivity index (χ0v) is 10.2. The van der Waals surface area contributed by atoms with E-state index < -0.39 is 0 Å². The summed E-state index contributed by atoms with van der Waals surface area (Å²) in [5.41, 5.74) is 0. The van der Waals surface area contributed by atoms with Crippen LogP contribution >= 0.6 is 12.6 Å². The van der Waals surface area contributed by atoms with Crippen LogP contribution in [0.5, 0.6) is 0 Å². The van der Waals surface area contributed by atoms with E-state index in [2.05, 4.69) is 24.9 Å². The average molecular weight is 215 g/mol. The third kappa shape index (κ3) is 3.19. The van der Waals surface area contributed by atoms with Crippen molar-refractivity contribution < 1.29 is 4.79 Å². The third-order valence-electron chi connectivity index (χ3n) is 2.81. The van der Waals surface area contributed by atoms with Gasteiger partial charge in [-0.3, -0.25) is 4.79 Å². The molecule has 1 fully saturated rings. The summed E-state index contributed by atoms with van der Waals surface area (Å²) in [7, 11) is 0. The predicted molar refractivity (Wildman–Crippen MR) is 62.6 cm³/mol. The first-order valence-corrected chi connectivity index (χ1v) is 6.06. The second kappa shape index (κ2) is 5.06. The van der Waals surface area contributed by atoms with E-state index in [1.807, 2.05) is 13.8 Å². The van der Waals surface area contributed by atoms with Crippen molar-refractivity contribution in [2.24, 2.45) is 11.8 Å². The van der Waals surface area contributed by atoms with E-state index in [1.165, 1.54) is 12.8 Å². The lowest BCUT2D eigenvalue weighted by atomic mass is 10.1. The van der Waals surface area contributed by atoms with Gasteiger partial charge in [-0.15, -0.1) is 0 Å². The average Bonchev–Trinajstić information content (AvgIpc) is 2.82. The molecule has 0 aromatic rings. The molecule has 3 atom stereocenters. The summed E-state index contributed by atoms with van der Waals surface area (Å²) in [6.07, 6.45) is 3.62.